The molecule has 136 valence electrons. The van der Waals surface area contributed by atoms with Gasteiger partial charge < -0.3 is 14.8 Å². The second-order valence-electron chi connectivity index (χ2n) is 5.85. The topological polar surface area (TPSA) is 144 Å². The van der Waals surface area contributed by atoms with Crippen LogP contribution in [-0.2, 0) is 26.9 Å². The lowest BCUT2D eigenvalue weighted by Crippen LogP contribution is -2.35. The molecule has 25 heavy (non-hydrogen) atoms. The van der Waals surface area contributed by atoms with Gasteiger partial charge in [-0.25, -0.2) is 17.9 Å². The lowest BCUT2D eigenvalue weighted by atomic mass is 10.1. The number of amides is 1. The lowest BCUT2D eigenvalue weighted by molar-refractivity contribution is -0.146. The van der Waals surface area contributed by atoms with Crippen molar-refractivity contribution >= 4 is 27.6 Å². The van der Waals surface area contributed by atoms with Gasteiger partial charge in [0.2, 0.25) is 10.0 Å². The number of sulfonamides is 1. The Hall–Kier alpha value is -2.66. The van der Waals surface area contributed by atoms with Crippen molar-refractivity contribution in [2.75, 3.05) is 11.6 Å². The van der Waals surface area contributed by atoms with Crippen molar-refractivity contribution in [2.45, 2.75) is 25.9 Å². The number of hydrogen-bond acceptors (Lipinski definition) is 6. The zero-order valence-corrected chi connectivity index (χ0v) is 14.6. The van der Waals surface area contributed by atoms with E-state index in [0.717, 1.165) is 6.26 Å². The molecule has 0 aliphatic rings. The van der Waals surface area contributed by atoms with Crippen LogP contribution in [0.3, 0.4) is 0 Å². The third kappa shape index (κ3) is 4.67. The van der Waals surface area contributed by atoms with Crippen molar-refractivity contribution in [2.24, 2.45) is 0 Å². The molecule has 0 fully saturated rings. The molecule has 2 aromatic rings. The van der Waals surface area contributed by atoms with E-state index in [4.69, 9.17) is 9.52 Å². The summed E-state index contributed by atoms with van der Waals surface area (Å²) in [4.78, 5) is 23.3. The molecule has 0 unspecified atom stereocenters. The number of carbonyl (C=O) groups is 2. The molecule has 0 bridgehead atoms. The van der Waals surface area contributed by atoms with E-state index in [1.165, 1.54) is 43.1 Å². The predicted molar refractivity (Wildman–Crippen MR) is 87.5 cm³/mol. The van der Waals surface area contributed by atoms with Crippen LogP contribution in [0.1, 0.15) is 30.2 Å². The van der Waals surface area contributed by atoms with Gasteiger partial charge in [0.15, 0.2) is 11.3 Å². The van der Waals surface area contributed by atoms with Gasteiger partial charge >= 0.3 is 5.97 Å². The summed E-state index contributed by atoms with van der Waals surface area (Å²) in [5.41, 5.74) is -0.968. The van der Waals surface area contributed by atoms with Gasteiger partial charge in [0.05, 0.1) is 24.7 Å². The number of hydrogen-bond donors (Lipinski definition) is 3. The highest BCUT2D eigenvalue weighted by Crippen LogP contribution is 2.18. The van der Waals surface area contributed by atoms with Crippen molar-refractivity contribution < 1.29 is 27.5 Å². The Balaban J connectivity index is 2.05. The molecular weight excluding hydrogens is 352 g/mol. The SMILES string of the molecule is CC(C)(C(=O)O)n1cc(NC(=O)c2ccc(CNS(C)(=O)=O)o2)cn1. The Labute approximate surface area is 143 Å². The quantitative estimate of drug-likeness (QED) is 0.647. The first-order valence-electron chi connectivity index (χ1n) is 7.12. The zero-order valence-electron chi connectivity index (χ0n) is 13.8. The summed E-state index contributed by atoms with van der Waals surface area (Å²) in [6.07, 6.45) is 3.72. The van der Waals surface area contributed by atoms with E-state index in [2.05, 4.69) is 15.1 Å². The van der Waals surface area contributed by atoms with Gasteiger partial charge in [0.25, 0.3) is 5.91 Å². The number of carboxylic acid groups (broad SMARTS) is 1. The highest BCUT2D eigenvalue weighted by Gasteiger charge is 2.30. The molecule has 2 rings (SSSR count). The van der Waals surface area contributed by atoms with Crippen LogP contribution in [0.4, 0.5) is 5.69 Å². The maximum absolute atomic E-state index is 12.1. The Morgan fingerprint density at radius 2 is 2.04 bits per heavy atom. The minimum atomic E-state index is -3.37. The summed E-state index contributed by atoms with van der Waals surface area (Å²) in [5.74, 6) is -1.38. The fraction of sp³-hybridized carbons (Fsp3) is 0.357. The summed E-state index contributed by atoms with van der Waals surface area (Å²) in [6.45, 7) is 2.87. The van der Waals surface area contributed by atoms with Crippen molar-refractivity contribution in [1.82, 2.24) is 14.5 Å². The molecule has 0 aliphatic carbocycles. The fourth-order valence-corrected chi connectivity index (χ4v) is 2.19. The average molecular weight is 370 g/mol. The number of rotatable bonds is 7. The number of carboxylic acids is 1. The number of aromatic nitrogens is 2. The molecule has 0 saturated heterocycles. The summed E-state index contributed by atoms with van der Waals surface area (Å²) in [6, 6.07) is 2.88. The zero-order chi connectivity index (χ0) is 18.8. The summed E-state index contributed by atoms with van der Waals surface area (Å²) in [5, 5.41) is 15.6. The lowest BCUT2D eigenvalue weighted by Gasteiger charge is -2.19. The van der Waals surface area contributed by atoms with Crippen LogP contribution in [0, 0.1) is 0 Å². The molecule has 10 nitrogen and oxygen atoms in total. The minimum absolute atomic E-state index is 0.0180. The van der Waals surface area contributed by atoms with Crippen molar-refractivity contribution in [3.05, 3.63) is 36.0 Å². The molecule has 0 radical (unpaired) electrons. The molecule has 0 spiro atoms. The molecular formula is C14H18N4O6S. The van der Waals surface area contributed by atoms with Crippen molar-refractivity contribution in [3.63, 3.8) is 0 Å². The second-order valence-corrected chi connectivity index (χ2v) is 7.68. The van der Waals surface area contributed by atoms with Gasteiger partial charge in [-0.05, 0) is 26.0 Å². The smallest absolute Gasteiger partial charge is 0.331 e. The number of nitrogens with one attached hydrogen (secondary N) is 2. The van der Waals surface area contributed by atoms with E-state index in [1.54, 1.807) is 0 Å². The first-order chi connectivity index (χ1) is 11.5. The summed E-state index contributed by atoms with van der Waals surface area (Å²) < 4.78 is 30.8. The number of nitrogens with zero attached hydrogens (tertiary/aromatic N) is 2. The summed E-state index contributed by atoms with van der Waals surface area (Å²) >= 11 is 0. The maximum atomic E-state index is 12.1. The third-order valence-electron chi connectivity index (χ3n) is 3.33. The van der Waals surface area contributed by atoms with E-state index in [0.29, 0.717) is 5.69 Å². The molecule has 3 N–H and O–H groups in total. The van der Waals surface area contributed by atoms with Crippen LogP contribution in [-0.4, -0.2) is 41.4 Å². The van der Waals surface area contributed by atoms with E-state index >= 15 is 0 Å². The average Bonchev–Trinajstić information content (AvgIpc) is 3.13. The molecule has 11 heteroatoms. The van der Waals surface area contributed by atoms with Crippen LogP contribution >= 0.6 is 0 Å². The number of anilines is 1. The highest BCUT2D eigenvalue weighted by molar-refractivity contribution is 7.88. The van der Waals surface area contributed by atoms with Crippen LogP contribution < -0.4 is 10.0 Å². The van der Waals surface area contributed by atoms with E-state index in [-0.39, 0.29) is 18.1 Å². The largest absolute Gasteiger partial charge is 0.479 e. The molecule has 0 aromatic carbocycles. The Morgan fingerprint density at radius 1 is 1.36 bits per heavy atom. The Morgan fingerprint density at radius 3 is 2.64 bits per heavy atom. The molecule has 1 amide bonds. The normalized spacial score (nSPS) is 12.1. The molecule has 0 saturated carbocycles. The molecule has 2 aromatic heterocycles. The van der Waals surface area contributed by atoms with Gasteiger partial charge in [-0.1, -0.05) is 0 Å². The molecule has 0 aliphatic heterocycles. The monoisotopic (exact) mass is 370 g/mol. The van der Waals surface area contributed by atoms with Crippen molar-refractivity contribution in [3.8, 4) is 0 Å². The van der Waals surface area contributed by atoms with Crippen LogP contribution in [0.5, 0.6) is 0 Å². The van der Waals surface area contributed by atoms with Gasteiger partial charge in [-0.15, -0.1) is 0 Å². The van der Waals surface area contributed by atoms with Crippen LogP contribution in [0.15, 0.2) is 28.9 Å². The Bertz CT molecular complexity index is 896. The number of furan rings is 1. The standard InChI is InChI=1S/C14H18N4O6S/c1-14(2,13(20)21)18-8-9(6-15-18)17-12(19)11-5-4-10(24-11)7-16-25(3,22)23/h4-6,8,16H,7H2,1-3H3,(H,17,19)(H,20,21). The van der Waals surface area contributed by atoms with Gasteiger partial charge in [-0.3, -0.25) is 9.48 Å². The summed E-state index contributed by atoms with van der Waals surface area (Å²) in [7, 11) is -3.37. The first-order valence-corrected chi connectivity index (χ1v) is 9.01. The molecule has 0 atom stereocenters. The minimum Gasteiger partial charge on any atom is -0.479 e. The fourth-order valence-electron chi connectivity index (χ4n) is 1.78. The van der Waals surface area contributed by atoms with E-state index < -0.39 is 27.4 Å². The van der Waals surface area contributed by atoms with Crippen molar-refractivity contribution in [1.29, 1.82) is 0 Å². The molecule has 2 heterocycles. The van der Waals surface area contributed by atoms with E-state index in [1.807, 2.05) is 0 Å². The highest BCUT2D eigenvalue weighted by atomic mass is 32.2. The first kappa shape index (κ1) is 18.7. The Kier molecular flexibility index (Phi) is 4.99. The van der Waals surface area contributed by atoms with Gasteiger partial charge in [-0.2, -0.15) is 5.10 Å². The second kappa shape index (κ2) is 6.69. The predicted octanol–water partition coefficient (Wildman–Crippen LogP) is 0.597. The third-order valence-corrected chi connectivity index (χ3v) is 4.00. The number of carbonyl (C=O) groups excluding carboxylic acids is 1. The van der Waals surface area contributed by atoms with Gasteiger partial charge in [0, 0.05) is 6.20 Å². The van der Waals surface area contributed by atoms with E-state index in [9.17, 15) is 18.0 Å². The van der Waals surface area contributed by atoms with Gasteiger partial charge in [0.1, 0.15) is 5.76 Å². The maximum Gasteiger partial charge on any atom is 0.331 e. The number of aliphatic carboxylic acids is 1. The van der Waals surface area contributed by atoms with Crippen LogP contribution in [0.2, 0.25) is 0 Å². The van der Waals surface area contributed by atoms with Crippen LogP contribution in [0.25, 0.3) is 0 Å².